The van der Waals surface area contributed by atoms with Crippen molar-refractivity contribution in [1.29, 1.82) is 0 Å². The average molecular weight is 271 g/mol. The molecule has 2 N–H and O–H groups in total. The van der Waals surface area contributed by atoms with Gasteiger partial charge in [-0.25, -0.2) is 4.98 Å². The van der Waals surface area contributed by atoms with Crippen molar-refractivity contribution in [3.8, 4) is 0 Å². The molecule has 0 aliphatic carbocycles. The molecule has 1 heterocycles. The number of carbonyl (C=O) groups excluding carboxylic acids is 1. The number of anilines is 2. The van der Waals surface area contributed by atoms with E-state index in [2.05, 4.69) is 15.6 Å². The van der Waals surface area contributed by atoms with Gasteiger partial charge in [-0.05, 0) is 18.2 Å². The predicted octanol–water partition coefficient (Wildman–Crippen LogP) is 2.52. The van der Waals surface area contributed by atoms with Crippen molar-refractivity contribution in [3.05, 3.63) is 53.9 Å². The fourth-order valence-electron chi connectivity index (χ4n) is 1.79. The highest BCUT2D eigenvalue weighted by atomic mass is 16.5. The number of para-hydroxylation sites is 1. The average Bonchev–Trinajstić information content (AvgIpc) is 2.49. The van der Waals surface area contributed by atoms with Crippen molar-refractivity contribution in [3.63, 3.8) is 0 Å². The molecule has 0 unspecified atom stereocenters. The Hall–Kier alpha value is -2.40. The molecule has 0 bridgehead atoms. The van der Waals surface area contributed by atoms with Crippen LogP contribution in [0.15, 0.2) is 42.6 Å². The Bertz CT molecular complexity index is 582. The lowest BCUT2D eigenvalue weighted by atomic mass is 10.2. The van der Waals surface area contributed by atoms with Crippen molar-refractivity contribution in [1.82, 2.24) is 4.98 Å². The van der Waals surface area contributed by atoms with Crippen LogP contribution in [0.2, 0.25) is 0 Å². The molecule has 0 aliphatic heterocycles. The highest BCUT2D eigenvalue weighted by Crippen LogP contribution is 2.17. The number of hydrogen-bond donors (Lipinski definition) is 2. The number of benzene rings is 1. The summed E-state index contributed by atoms with van der Waals surface area (Å²) in [7, 11) is 3.42. The number of ether oxygens (including phenoxy) is 1. The molecule has 0 saturated heterocycles. The number of aromatic nitrogens is 1. The Kier molecular flexibility index (Phi) is 4.68. The maximum absolute atomic E-state index is 12.1. The second-order valence-electron chi connectivity index (χ2n) is 4.23. The summed E-state index contributed by atoms with van der Waals surface area (Å²) >= 11 is 0. The summed E-state index contributed by atoms with van der Waals surface area (Å²) in [4.78, 5) is 16.3. The molecule has 0 saturated carbocycles. The molecule has 5 heteroatoms. The number of carbonyl (C=O) groups is 1. The molecular weight excluding hydrogens is 254 g/mol. The minimum atomic E-state index is -0.240. The Morgan fingerprint density at radius 2 is 2.05 bits per heavy atom. The third-order valence-corrected chi connectivity index (χ3v) is 2.85. The number of nitrogens with one attached hydrogen (secondary N) is 2. The van der Waals surface area contributed by atoms with E-state index in [4.69, 9.17) is 4.74 Å². The van der Waals surface area contributed by atoms with Gasteiger partial charge in [-0.15, -0.1) is 0 Å². The van der Waals surface area contributed by atoms with Gasteiger partial charge in [0.25, 0.3) is 5.91 Å². The first kappa shape index (κ1) is 14.0. The summed E-state index contributed by atoms with van der Waals surface area (Å²) in [5.41, 5.74) is 2.89. The number of pyridine rings is 1. The molecule has 2 rings (SSSR count). The van der Waals surface area contributed by atoms with Gasteiger partial charge in [0.2, 0.25) is 0 Å². The number of hydrogen-bond acceptors (Lipinski definition) is 4. The van der Waals surface area contributed by atoms with E-state index in [1.165, 1.54) is 0 Å². The van der Waals surface area contributed by atoms with Crippen molar-refractivity contribution >= 4 is 17.3 Å². The van der Waals surface area contributed by atoms with E-state index in [-0.39, 0.29) is 5.91 Å². The number of methoxy groups -OCH3 is 1. The van der Waals surface area contributed by atoms with E-state index < -0.39 is 0 Å². The third kappa shape index (κ3) is 3.33. The highest BCUT2D eigenvalue weighted by molar-refractivity contribution is 6.03. The van der Waals surface area contributed by atoms with Crippen molar-refractivity contribution in [2.45, 2.75) is 6.61 Å². The van der Waals surface area contributed by atoms with Crippen LogP contribution in [0.3, 0.4) is 0 Å². The van der Waals surface area contributed by atoms with Crippen molar-refractivity contribution in [2.24, 2.45) is 0 Å². The monoisotopic (exact) mass is 271 g/mol. The third-order valence-electron chi connectivity index (χ3n) is 2.85. The molecule has 20 heavy (non-hydrogen) atoms. The Labute approximate surface area is 118 Å². The second kappa shape index (κ2) is 6.68. The largest absolute Gasteiger partial charge is 0.387 e. The summed E-state index contributed by atoms with van der Waals surface area (Å²) in [5, 5.41) is 5.81. The lowest BCUT2D eigenvalue weighted by Gasteiger charge is -2.10. The lowest BCUT2D eigenvalue weighted by Crippen LogP contribution is -2.15. The zero-order valence-corrected chi connectivity index (χ0v) is 11.5. The molecule has 5 nitrogen and oxygen atoms in total. The fourth-order valence-corrected chi connectivity index (χ4v) is 1.79. The van der Waals surface area contributed by atoms with Gasteiger partial charge in [0.15, 0.2) is 0 Å². The second-order valence-corrected chi connectivity index (χ2v) is 4.23. The maximum atomic E-state index is 12.1. The van der Waals surface area contributed by atoms with Crippen LogP contribution >= 0.6 is 0 Å². The Morgan fingerprint density at radius 1 is 1.25 bits per heavy atom. The van der Waals surface area contributed by atoms with Gasteiger partial charge in [0.1, 0.15) is 5.69 Å². The van der Waals surface area contributed by atoms with E-state index >= 15 is 0 Å². The van der Waals surface area contributed by atoms with Crippen LogP contribution in [0.4, 0.5) is 11.4 Å². The summed E-state index contributed by atoms with van der Waals surface area (Å²) in [6.07, 6.45) is 1.62. The zero-order chi connectivity index (χ0) is 14.4. The van der Waals surface area contributed by atoms with E-state index in [9.17, 15) is 4.79 Å². The minimum Gasteiger partial charge on any atom is -0.387 e. The molecule has 1 amide bonds. The molecule has 2 aromatic rings. The van der Waals surface area contributed by atoms with E-state index in [0.717, 1.165) is 16.9 Å². The normalized spacial score (nSPS) is 10.1. The quantitative estimate of drug-likeness (QED) is 0.877. The van der Waals surface area contributed by atoms with Crippen molar-refractivity contribution < 1.29 is 9.53 Å². The minimum absolute atomic E-state index is 0.240. The first-order chi connectivity index (χ1) is 9.74. The summed E-state index contributed by atoms with van der Waals surface area (Å²) in [6.45, 7) is 0.447. The molecule has 0 fully saturated rings. The molecule has 1 aromatic carbocycles. The first-order valence-electron chi connectivity index (χ1n) is 6.26. The maximum Gasteiger partial charge on any atom is 0.274 e. The molecule has 0 aliphatic rings. The zero-order valence-electron chi connectivity index (χ0n) is 11.5. The number of rotatable bonds is 5. The standard InChI is InChI=1S/C15H17N3O2/c1-16-12-7-8-14(17-9-12)15(19)18-13-6-4-3-5-11(13)10-20-2/h3-9,16H,10H2,1-2H3,(H,18,19). The number of amides is 1. The van der Waals surface area contributed by atoms with Crippen LogP contribution in [0, 0.1) is 0 Å². The highest BCUT2D eigenvalue weighted by Gasteiger charge is 2.09. The van der Waals surface area contributed by atoms with Gasteiger partial charge in [0.05, 0.1) is 18.5 Å². The van der Waals surface area contributed by atoms with E-state index in [1.807, 2.05) is 30.3 Å². The first-order valence-corrected chi connectivity index (χ1v) is 6.26. The van der Waals surface area contributed by atoms with Crippen LogP contribution < -0.4 is 10.6 Å². The van der Waals surface area contributed by atoms with Crippen LogP contribution in [0.1, 0.15) is 16.1 Å². The van der Waals surface area contributed by atoms with Crippen LogP contribution in [-0.4, -0.2) is 25.0 Å². The topological polar surface area (TPSA) is 63.2 Å². The lowest BCUT2D eigenvalue weighted by molar-refractivity contribution is 0.102. The predicted molar refractivity (Wildman–Crippen MR) is 78.9 cm³/mol. The van der Waals surface area contributed by atoms with Crippen LogP contribution in [-0.2, 0) is 11.3 Å². The fraction of sp³-hybridized carbons (Fsp3) is 0.200. The summed E-state index contributed by atoms with van der Waals surface area (Å²) < 4.78 is 5.11. The van der Waals surface area contributed by atoms with Gasteiger partial charge in [-0.3, -0.25) is 4.79 Å². The smallest absolute Gasteiger partial charge is 0.274 e. The van der Waals surface area contributed by atoms with Crippen LogP contribution in [0.25, 0.3) is 0 Å². The van der Waals surface area contributed by atoms with Gasteiger partial charge in [-0.1, -0.05) is 18.2 Å². The van der Waals surface area contributed by atoms with Crippen molar-refractivity contribution in [2.75, 3.05) is 24.8 Å². The van der Waals surface area contributed by atoms with Gasteiger partial charge < -0.3 is 15.4 Å². The van der Waals surface area contributed by atoms with E-state index in [0.29, 0.717) is 12.3 Å². The summed E-state index contributed by atoms with van der Waals surface area (Å²) in [6, 6.07) is 11.0. The summed E-state index contributed by atoms with van der Waals surface area (Å²) in [5.74, 6) is -0.240. The number of nitrogens with zero attached hydrogens (tertiary/aromatic N) is 1. The molecule has 0 atom stereocenters. The van der Waals surface area contributed by atoms with E-state index in [1.54, 1.807) is 26.4 Å². The Balaban J connectivity index is 2.14. The van der Waals surface area contributed by atoms with Crippen LogP contribution in [0.5, 0.6) is 0 Å². The van der Waals surface area contributed by atoms with Gasteiger partial charge in [0, 0.05) is 25.4 Å². The molecule has 0 spiro atoms. The molecule has 0 radical (unpaired) electrons. The Morgan fingerprint density at radius 3 is 2.70 bits per heavy atom. The SMILES string of the molecule is CNc1ccc(C(=O)Nc2ccccc2COC)nc1. The van der Waals surface area contributed by atoms with Gasteiger partial charge >= 0.3 is 0 Å². The van der Waals surface area contributed by atoms with Gasteiger partial charge in [-0.2, -0.15) is 0 Å². The molecule has 104 valence electrons. The molecule has 1 aromatic heterocycles. The molecular formula is C15H17N3O2.